The molecule has 0 spiro atoms. The van der Waals surface area contributed by atoms with Gasteiger partial charge in [-0.05, 0) is 41.4 Å². The van der Waals surface area contributed by atoms with Gasteiger partial charge in [0.05, 0.1) is 34.0 Å². The van der Waals surface area contributed by atoms with Gasteiger partial charge in [-0.3, -0.25) is 0 Å². The van der Waals surface area contributed by atoms with Gasteiger partial charge >= 0.3 is 0 Å². The highest BCUT2D eigenvalue weighted by atomic mass is 28.4. The van der Waals surface area contributed by atoms with Crippen LogP contribution >= 0.6 is 0 Å². The first-order valence-corrected chi connectivity index (χ1v) is 12.1. The van der Waals surface area contributed by atoms with Gasteiger partial charge in [0.15, 0.2) is 19.8 Å². The number of benzene rings is 1. The number of aliphatic hydroxyl groups excluding tert-OH is 1. The fourth-order valence-corrected chi connectivity index (χ4v) is 3.38. The Hall–Kier alpha value is -1.50. The van der Waals surface area contributed by atoms with Crippen molar-refractivity contribution < 1.29 is 23.7 Å². The van der Waals surface area contributed by atoms with Crippen LogP contribution in [0, 0.1) is 5.92 Å². The van der Waals surface area contributed by atoms with Crippen molar-refractivity contribution in [1.29, 1.82) is 0 Å². The lowest BCUT2D eigenvalue weighted by Crippen LogP contribution is -2.41. The molecule has 0 heterocycles. The smallest absolute Gasteiger partial charge is 0.203 e. The number of hydrogen-bond donors (Lipinski definition) is 1. The first-order chi connectivity index (χ1) is 12.4. The summed E-state index contributed by atoms with van der Waals surface area (Å²) in [7, 11) is 2.80. The molecule has 154 valence electrons. The number of rotatable bonds is 9. The van der Waals surface area contributed by atoms with E-state index in [0.29, 0.717) is 29.4 Å². The summed E-state index contributed by atoms with van der Waals surface area (Å²) in [5.74, 6) is 1.35. The van der Waals surface area contributed by atoms with Gasteiger partial charge < -0.3 is 23.7 Å². The second-order valence-electron chi connectivity index (χ2n) is 8.40. The standard InChI is InChI=1S/C21H36O5Si/c1-14(13-26-27(9,10)21(3,4)5)15(2)19(22)16-11-17(23-6)20(25-8)18(12-16)24-7/h11-12,15,19,22H,1,13H2,2-10H3/t15-,19+/m0/s1. The lowest BCUT2D eigenvalue weighted by Gasteiger charge is -2.37. The summed E-state index contributed by atoms with van der Waals surface area (Å²) < 4.78 is 22.4. The third-order valence-corrected chi connectivity index (χ3v) is 10.0. The van der Waals surface area contributed by atoms with Gasteiger partial charge in [-0.15, -0.1) is 0 Å². The Kier molecular flexibility index (Phi) is 7.96. The number of ether oxygens (including phenoxy) is 3. The van der Waals surface area contributed by atoms with Crippen LogP contribution in [0.1, 0.15) is 39.4 Å². The zero-order chi connectivity index (χ0) is 21.0. The fourth-order valence-electron chi connectivity index (χ4n) is 2.41. The quantitative estimate of drug-likeness (QED) is 0.472. The van der Waals surface area contributed by atoms with Crippen LogP contribution in [0.5, 0.6) is 17.2 Å². The Bertz CT molecular complexity index is 623. The maximum Gasteiger partial charge on any atom is 0.203 e. The molecule has 0 aromatic heterocycles. The Labute approximate surface area is 165 Å². The predicted molar refractivity (Wildman–Crippen MR) is 113 cm³/mol. The van der Waals surface area contributed by atoms with Crippen molar-refractivity contribution in [3.8, 4) is 17.2 Å². The van der Waals surface area contributed by atoms with Crippen molar-refractivity contribution in [1.82, 2.24) is 0 Å². The van der Waals surface area contributed by atoms with Crippen molar-refractivity contribution in [3.05, 3.63) is 29.8 Å². The molecule has 0 radical (unpaired) electrons. The first kappa shape index (κ1) is 23.5. The van der Waals surface area contributed by atoms with Crippen molar-refractivity contribution in [2.24, 2.45) is 5.92 Å². The molecule has 0 saturated heterocycles. The molecule has 0 aliphatic heterocycles. The molecule has 0 amide bonds. The highest BCUT2D eigenvalue weighted by molar-refractivity contribution is 6.74. The Morgan fingerprint density at radius 2 is 1.56 bits per heavy atom. The topological polar surface area (TPSA) is 57.2 Å². The van der Waals surface area contributed by atoms with Crippen molar-refractivity contribution in [3.63, 3.8) is 0 Å². The van der Waals surface area contributed by atoms with Crippen LogP contribution in [0.15, 0.2) is 24.3 Å². The van der Waals surface area contributed by atoms with Crippen LogP contribution in [-0.4, -0.2) is 41.4 Å². The van der Waals surface area contributed by atoms with E-state index >= 15 is 0 Å². The summed E-state index contributed by atoms with van der Waals surface area (Å²) in [6.07, 6.45) is -0.755. The SMILES string of the molecule is C=C(CO[Si](C)(C)C(C)(C)C)[C@H](C)[C@@H](O)c1cc(OC)c(OC)c(OC)c1. The van der Waals surface area contributed by atoms with Crippen LogP contribution in [-0.2, 0) is 4.43 Å². The molecule has 27 heavy (non-hydrogen) atoms. The summed E-state index contributed by atoms with van der Waals surface area (Å²) >= 11 is 0. The molecule has 2 atom stereocenters. The van der Waals surface area contributed by atoms with Gasteiger partial charge in [0.25, 0.3) is 0 Å². The van der Waals surface area contributed by atoms with E-state index in [2.05, 4.69) is 40.4 Å². The van der Waals surface area contributed by atoms with Crippen molar-refractivity contribution in [2.75, 3.05) is 27.9 Å². The summed E-state index contributed by atoms with van der Waals surface area (Å²) in [6, 6.07) is 3.54. The zero-order valence-electron chi connectivity index (χ0n) is 18.3. The summed E-state index contributed by atoms with van der Waals surface area (Å²) in [6.45, 7) is 17.6. The van der Waals surface area contributed by atoms with Gasteiger partial charge in [-0.2, -0.15) is 0 Å². The molecule has 5 nitrogen and oxygen atoms in total. The van der Waals surface area contributed by atoms with E-state index in [1.54, 1.807) is 33.5 Å². The van der Waals surface area contributed by atoms with Crippen LogP contribution < -0.4 is 14.2 Å². The van der Waals surface area contributed by atoms with Crippen molar-refractivity contribution in [2.45, 2.75) is 51.9 Å². The van der Waals surface area contributed by atoms with Crippen molar-refractivity contribution >= 4 is 8.32 Å². The number of aliphatic hydroxyl groups is 1. The van der Waals surface area contributed by atoms with Crippen LogP contribution in [0.3, 0.4) is 0 Å². The molecule has 0 aliphatic rings. The molecule has 1 aromatic rings. The monoisotopic (exact) mass is 396 g/mol. The molecule has 0 saturated carbocycles. The van der Waals surface area contributed by atoms with Gasteiger partial charge in [-0.1, -0.05) is 34.3 Å². The molecule has 0 bridgehead atoms. The third kappa shape index (κ3) is 5.50. The molecule has 1 N–H and O–H groups in total. The summed E-state index contributed by atoms with van der Waals surface area (Å²) in [5.41, 5.74) is 1.55. The first-order valence-electron chi connectivity index (χ1n) is 9.19. The summed E-state index contributed by atoms with van der Waals surface area (Å²) in [5, 5.41) is 11.0. The van der Waals surface area contributed by atoms with Gasteiger partial charge in [0, 0.05) is 5.92 Å². The lowest BCUT2D eigenvalue weighted by atomic mass is 9.91. The molecule has 6 heteroatoms. The van der Waals surface area contributed by atoms with Crippen LogP contribution in [0.25, 0.3) is 0 Å². The summed E-state index contributed by atoms with van der Waals surface area (Å²) in [4.78, 5) is 0. The number of methoxy groups -OCH3 is 3. The highest BCUT2D eigenvalue weighted by Gasteiger charge is 2.37. The molecule has 0 fully saturated rings. The normalized spacial score (nSPS) is 14.4. The van der Waals surface area contributed by atoms with E-state index < -0.39 is 14.4 Å². The second-order valence-corrected chi connectivity index (χ2v) is 13.2. The molecular formula is C21H36O5Si. The van der Waals surface area contributed by atoms with E-state index in [1.807, 2.05) is 6.92 Å². The van der Waals surface area contributed by atoms with Gasteiger partial charge in [0.2, 0.25) is 5.75 Å². The fraction of sp³-hybridized carbons (Fsp3) is 0.619. The van der Waals surface area contributed by atoms with E-state index in [-0.39, 0.29) is 11.0 Å². The second kappa shape index (κ2) is 9.13. The third-order valence-electron chi connectivity index (χ3n) is 5.57. The minimum atomic E-state index is -1.87. The lowest BCUT2D eigenvalue weighted by molar-refractivity contribution is 0.127. The van der Waals surface area contributed by atoms with E-state index in [4.69, 9.17) is 18.6 Å². The molecular weight excluding hydrogens is 360 g/mol. The van der Waals surface area contributed by atoms with Gasteiger partial charge in [-0.25, -0.2) is 0 Å². The largest absolute Gasteiger partial charge is 0.493 e. The maximum absolute atomic E-state index is 10.9. The van der Waals surface area contributed by atoms with E-state index in [1.165, 1.54) is 0 Å². The minimum Gasteiger partial charge on any atom is -0.493 e. The Morgan fingerprint density at radius 3 is 1.93 bits per heavy atom. The molecule has 0 unspecified atom stereocenters. The maximum atomic E-state index is 10.9. The van der Waals surface area contributed by atoms with E-state index in [9.17, 15) is 5.11 Å². The zero-order valence-corrected chi connectivity index (χ0v) is 19.3. The average Bonchev–Trinajstić information content (AvgIpc) is 2.62. The van der Waals surface area contributed by atoms with Crippen LogP contribution in [0.2, 0.25) is 18.1 Å². The number of hydrogen-bond acceptors (Lipinski definition) is 5. The highest BCUT2D eigenvalue weighted by Crippen LogP contribution is 2.42. The van der Waals surface area contributed by atoms with Gasteiger partial charge in [0.1, 0.15) is 0 Å². The molecule has 1 aromatic carbocycles. The van der Waals surface area contributed by atoms with E-state index in [0.717, 1.165) is 5.57 Å². The molecule has 1 rings (SSSR count). The Balaban J connectivity index is 2.98. The predicted octanol–water partition coefficient (Wildman–Crippen LogP) is 4.96. The Morgan fingerprint density at radius 1 is 1.07 bits per heavy atom. The molecule has 0 aliphatic carbocycles. The average molecular weight is 397 g/mol. The van der Waals surface area contributed by atoms with Crippen LogP contribution in [0.4, 0.5) is 0 Å². The minimum absolute atomic E-state index is 0.131.